The molecular formula is C22H17BrFN7O3. The zero-order chi connectivity index (χ0) is 24.1. The fourth-order valence-electron chi connectivity index (χ4n) is 3.77. The number of aromatic hydroxyl groups is 1. The van der Waals surface area contributed by atoms with Crippen LogP contribution in [0.15, 0.2) is 66.8 Å². The van der Waals surface area contributed by atoms with Crippen molar-refractivity contribution in [1.82, 2.24) is 23.7 Å². The van der Waals surface area contributed by atoms with Gasteiger partial charge in [0.2, 0.25) is 5.88 Å². The summed E-state index contributed by atoms with van der Waals surface area (Å²) in [5.74, 6) is -0.527. The Morgan fingerprint density at radius 2 is 1.82 bits per heavy atom. The second-order valence-electron chi connectivity index (χ2n) is 7.71. The van der Waals surface area contributed by atoms with Gasteiger partial charge in [0.1, 0.15) is 5.82 Å². The molecule has 2 aromatic carbocycles. The Balaban J connectivity index is 1.73. The number of hydrogen-bond acceptors (Lipinski definition) is 6. The first-order valence-corrected chi connectivity index (χ1v) is 10.9. The zero-order valence-corrected chi connectivity index (χ0v) is 19.5. The molecule has 0 radical (unpaired) electrons. The lowest BCUT2D eigenvalue weighted by molar-refractivity contribution is 0.459. The summed E-state index contributed by atoms with van der Waals surface area (Å²) < 4.78 is 17.9. The van der Waals surface area contributed by atoms with Crippen LogP contribution in [0.2, 0.25) is 0 Å². The van der Waals surface area contributed by atoms with E-state index in [1.54, 1.807) is 24.3 Å². The number of aromatic nitrogens is 5. The Morgan fingerprint density at radius 3 is 2.56 bits per heavy atom. The normalized spacial score (nSPS) is 11.9. The Kier molecular flexibility index (Phi) is 5.16. The van der Waals surface area contributed by atoms with Gasteiger partial charge < -0.3 is 10.1 Å². The maximum absolute atomic E-state index is 13.4. The molecule has 34 heavy (non-hydrogen) atoms. The first-order valence-electron chi connectivity index (χ1n) is 10.1. The van der Waals surface area contributed by atoms with Gasteiger partial charge in [-0.3, -0.25) is 18.5 Å². The van der Waals surface area contributed by atoms with E-state index in [9.17, 15) is 19.1 Å². The number of rotatable bonds is 4. The highest BCUT2D eigenvalue weighted by atomic mass is 79.9. The Bertz CT molecular complexity index is 1730. The second kappa shape index (κ2) is 8.06. The van der Waals surface area contributed by atoms with Crippen molar-refractivity contribution in [2.45, 2.75) is 6.54 Å². The van der Waals surface area contributed by atoms with Gasteiger partial charge in [0.25, 0.3) is 11.5 Å². The van der Waals surface area contributed by atoms with Gasteiger partial charge in [0, 0.05) is 24.0 Å². The lowest BCUT2D eigenvalue weighted by Gasteiger charge is -2.08. The third-order valence-corrected chi connectivity index (χ3v) is 6.03. The smallest absolute Gasteiger partial charge is 0.332 e. The van der Waals surface area contributed by atoms with Crippen LogP contribution >= 0.6 is 15.9 Å². The third-order valence-electron chi connectivity index (χ3n) is 5.54. The minimum atomic E-state index is -0.548. The lowest BCUT2D eigenvalue weighted by atomic mass is 10.2. The molecule has 3 aromatic heterocycles. The van der Waals surface area contributed by atoms with E-state index in [1.807, 2.05) is 6.07 Å². The number of nitrogens with one attached hydrogen (secondary N) is 1. The van der Waals surface area contributed by atoms with Crippen molar-refractivity contribution in [1.29, 1.82) is 0 Å². The monoisotopic (exact) mass is 525 g/mol. The van der Waals surface area contributed by atoms with Gasteiger partial charge in [-0.1, -0.05) is 28.1 Å². The molecule has 0 bridgehead atoms. The number of fused-ring (bicyclic) bond motifs is 2. The number of nitrogens with zero attached hydrogens (tertiary/aromatic N) is 6. The van der Waals surface area contributed by atoms with Crippen LogP contribution in [0.25, 0.3) is 22.1 Å². The predicted molar refractivity (Wildman–Crippen MR) is 128 cm³/mol. The van der Waals surface area contributed by atoms with Crippen molar-refractivity contribution < 1.29 is 9.50 Å². The van der Waals surface area contributed by atoms with Crippen LogP contribution in [0.4, 0.5) is 16.0 Å². The molecule has 0 atom stereocenters. The number of H-pyrrole nitrogens is 1. The number of aromatic amines is 1. The van der Waals surface area contributed by atoms with Crippen molar-refractivity contribution in [3.63, 3.8) is 0 Å². The molecule has 3 heterocycles. The van der Waals surface area contributed by atoms with E-state index in [-0.39, 0.29) is 35.2 Å². The van der Waals surface area contributed by atoms with E-state index >= 15 is 0 Å². The molecule has 0 aliphatic heterocycles. The van der Waals surface area contributed by atoms with Crippen molar-refractivity contribution in [2.75, 3.05) is 0 Å². The predicted octanol–water partition coefficient (Wildman–Crippen LogP) is 3.99. The fraction of sp³-hybridized carbons (Fsp3) is 0.136. The molecule has 0 aliphatic rings. The quantitative estimate of drug-likeness (QED) is 0.344. The van der Waals surface area contributed by atoms with E-state index < -0.39 is 17.1 Å². The summed E-state index contributed by atoms with van der Waals surface area (Å²) in [4.78, 5) is 32.6. The van der Waals surface area contributed by atoms with Crippen molar-refractivity contribution >= 4 is 49.6 Å². The minimum Gasteiger partial charge on any atom is -0.493 e. The highest BCUT2D eigenvalue weighted by Crippen LogP contribution is 2.37. The summed E-state index contributed by atoms with van der Waals surface area (Å²) in [6.45, 7) is 0.129. The molecule has 0 aliphatic carbocycles. The molecule has 0 fully saturated rings. The van der Waals surface area contributed by atoms with Crippen LogP contribution < -0.4 is 11.2 Å². The van der Waals surface area contributed by atoms with Crippen molar-refractivity contribution in [2.24, 2.45) is 24.3 Å². The van der Waals surface area contributed by atoms with Gasteiger partial charge in [-0.05, 0) is 35.9 Å². The summed E-state index contributed by atoms with van der Waals surface area (Å²) in [6, 6.07) is 11.2. The Hall–Kier alpha value is -4.06. The molecule has 0 saturated carbocycles. The average Bonchev–Trinajstić information content (AvgIpc) is 3.33. The molecule has 10 nitrogen and oxygen atoms in total. The number of aryl methyl sites for hydroxylation is 1. The van der Waals surface area contributed by atoms with Crippen LogP contribution in [0, 0.1) is 5.82 Å². The van der Waals surface area contributed by atoms with E-state index in [4.69, 9.17) is 0 Å². The Morgan fingerprint density at radius 1 is 1.09 bits per heavy atom. The van der Waals surface area contributed by atoms with E-state index in [0.29, 0.717) is 16.5 Å². The maximum Gasteiger partial charge on any atom is 0.332 e. The average molecular weight is 526 g/mol. The maximum atomic E-state index is 13.4. The third kappa shape index (κ3) is 3.52. The van der Waals surface area contributed by atoms with Crippen molar-refractivity contribution in [3.05, 3.63) is 79.2 Å². The molecule has 0 saturated heterocycles. The number of benzene rings is 2. The summed E-state index contributed by atoms with van der Waals surface area (Å²) in [5, 5.41) is 19.4. The van der Waals surface area contributed by atoms with Crippen LogP contribution in [-0.2, 0) is 20.6 Å². The number of azo groups is 1. The number of halogens is 2. The molecule has 0 spiro atoms. The Labute approximate surface area is 198 Å². The highest BCUT2D eigenvalue weighted by Gasteiger charge is 2.20. The van der Waals surface area contributed by atoms with Gasteiger partial charge in [-0.25, -0.2) is 9.18 Å². The molecule has 2 N–H and O–H groups in total. The van der Waals surface area contributed by atoms with E-state index in [0.717, 1.165) is 9.04 Å². The van der Waals surface area contributed by atoms with Gasteiger partial charge >= 0.3 is 5.69 Å². The highest BCUT2D eigenvalue weighted by molar-refractivity contribution is 9.10. The van der Waals surface area contributed by atoms with Crippen LogP contribution in [0.1, 0.15) is 5.56 Å². The minimum absolute atomic E-state index is 0.0429. The summed E-state index contributed by atoms with van der Waals surface area (Å²) in [7, 11) is 2.88. The molecule has 12 heteroatoms. The van der Waals surface area contributed by atoms with Crippen LogP contribution in [0.5, 0.6) is 5.88 Å². The van der Waals surface area contributed by atoms with Gasteiger partial charge in [-0.2, -0.15) is 4.98 Å². The van der Waals surface area contributed by atoms with Crippen LogP contribution in [0.3, 0.4) is 0 Å². The summed E-state index contributed by atoms with van der Waals surface area (Å²) in [5.41, 5.74) is 0.736. The molecule has 5 aromatic rings. The van der Waals surface area contributed by atoms with E-state index in [1.165, 1.54) is 35.4 Å². The molecule has 172 valence electrons. The van der Waals surface area contributed by atoms with Gasteiger partial charge in [0.05, 0.1) is 12.1 Å². The number of hydrogen-bond donors (Lipinski definition) is 2. The zero-order valence-electron chi connectivity index (χ0n) is 18.0. The molecule has 0 unspecified atom stereocenters. The molecule has 0 amide bonds. The SMILES string of the molecule is Cn1c(=O)c2c(nc(N=Nc3c(O)[nH]c4ccc(Br)cc34)n2Cc2ccc(F)cc2)n(C)c1=O. The first-order chi connectivity index (χ1) is 16.2. The largest absolute Gasteiger partial charge is 0.493 e. The summed E-state index contributed by atoms with van der Waals surface area (Å²) in [6.07, 6.45) is 0. The van der Waals surface area contributed by atoms with Gasteiger partial charge in [-0.15, -0.1) is 10.2 Å². The molecule has 5 rings (SSSR count). The molecular weight excluding hydrogens is 509 g/mol. The van der Waals surface area contributed by atoms with Crippen LogP contribution in [-0.4, -0.2) is 28.8 Å². The van der Waals surface area contributed by atoms with Crippen molar-refractivity contribution in [3.8, 4) is 5.88 Å². The second-order valence-corrected chi connectivity index (χ2v) is 8.63. The lowest BCUT2D eigenvalue weighted by Crippen LogP contribution is -2.37. The first kappa shape index (κ1) is 21.8. The fourth-order valence-corrected chi connectivity index (χ4v) is 4.13. The number of imidazole rings is 1. The van der Waals surface area contributed by atoms with Gasteiger partial charge in [0.15, 0.2) is 16.9 Å². The standard InChI is InChI=1S/C22H17BrFN7O3/c1-29-18-17(20(33)30(2)22(29)34)31(10-11-3-6-13(24)7-4-11)21(26-18)28-27-16-14-9-12(23)5-8-15(14)25-19(16)32/h3-9,25,32H,10H2,1-2H3. The summed E-state index contributed by atoms with van der Waals surface area (Å²) >= 11 is 3.40. The topological polar surface area (TPSA) is 123 Å². The van der Waals surface area contributed by atoms with E-state index in [2.05, 4.69) is 36.1 Å².